The second-order valence-corrected chi connectivity index (χ2v) is 6.69. The molecule has 0 atom stereocenters. The first-order valence-corrected chi connectivity index (χ1v) is 8.87. The lowest BCUT2D eigenvalue weighted by Crippen LogP contribution is -2.40. The molecule has 1 aromatic rings. The number of hydrogen-bond acceptors (Lipinski definition) is 2. The molecule has 0 aromatic heterocycles. The predicted molar refractivity (Wildman–Crippen MR) is 96.2 cm³/mol. The number of nitrogens with one attached hydrogen (secondary N) is 1. The molecule has 0 saturated carbocycles. The lowest BCUT2D eigenvalue weighted by Gasteiger charge is -2.26. The van der Waals surface area contributed by atoms with Crippen LogP contribution in [0.1, 0.15) is 51.5 Å². The van der Waals surface area contributed by atoms with Crippen LogP contribution in [-0.4, -0.2) is 29.9 Å². The van der Waals surface area contributed by atoms with Crippen LogP contribution >= 0.6 is 0 Å². The van der Waals surface area contributed by atoms with Crippen molar-refractivity contribution in [1.82, 2.24) is 10.2 Å². The third kappa shape index (κ3) is 6.57. The lowest BCUT2D eigenvalue weighted by atomic mass is 9.97. The molecule has 3 heteroatoms. The van der Waals surface area contributed by atoms with Gasteiger partial charge in [0, 0.05) is 19.1 Å². The summed E-state index contributed by atoms with van der Waals surface area (Å²) in [6.45, 7) is 6.33. The highest BCUT2D eigenvalue weighted by molar-refractivity contribution is 5.78. The maximum absolute atomic E-state index is 12.2. The van der Waals surface area contributed by atoms with E-state index in [1.165, 1.54) is 36.8 Å². The van der Waals surface area contributed by atoms with Crippen LogP contribution in [-0.2, 0) is 11.3 Å². The monoisotopic (exact) mass is 314 g/mol. The predicted octanol–water partition coefficient (Wildman–Crippen LogP) is 3.90. The quantitative estimate of drug-likeness (QED) is 0.738. The Morgan fingerprint density at radius 2 is 2.00 bits per heavy atom. The second-order valence-electron chi connectivity index (χ2n) is 6.69. The van der Waals surface area contributed by atoms with Gasteiger partial charge >= 0.3 is 0 Å². The van der Waals surface area contributed by atoms with Gasteiger partial charge in [-0.2, -0.15) is 0 Å². The van der Waals surface area contributed by atoms with Gasteiger partial charge in [0.05, 0.1) is 6.54 Å². The molecule has 0 aliphatic heterocycles. The number of hydrogen-bond donors (Lipinski definition) is 1. The molecule has 1 N–H and O–H groups in total. The number of amides is 1. The van der Waals surface area contributed by atoms with Crippen molar-refractivity contribution in [3.05, 3.63) is 47.5 Å². The van der Waals surface area contributed by atoms with Crippen LogP contribution in [0.25, 0.3) is 0 Å². The Hall–Kier alpha value is -1.61. The summed E-state index contributed by atoms with van der Waals surface area (Å²) in [5.74, 6) is 0.131. The van der Waals surface area contributed by atoms with Gasteiger partial charge in [-0.3, -0.25) is 9.69 Å². The first-order chi connectivity index (χ1) is 11.1. The van der Waals surface area contributed by atoms with Gasteiger partial charge in [0.15, 0.2) is 0 Å². The zero-order valence-corrected chi connectivity index (χ0v) is 14.6. The Morgan fingerprint density at radius 1 is 1.22 bits per heavy atom. The smallest absolute Gasteiger partial charge is 0.234 e. The van der Waals surface area contributed by atoms with E-state index < -0.39 is 0 Å². The molecule has 126 valence electrons. The third-order valence-electron chi connectivity index (χ3n) is 4.46. The van der Waals surface area contributed by atoms with Crippen LogP contribution in [0.4, 0.5) is 0 Å². The average molecular weight is 314 g/mol. The number of carbonyl (C=O) groups excluding carboxylic acids is 1. The number of allylic oxidation sites excluding steroid dienone is 1. The summed E-state index contributed by atoms with van der Waals surface area (Å²) in [6.07, 6.45) is 8.40. The molecule has 0 bridgehead atoms. The number of benzene rings is 1. The van der Waals surface area contributed by atoms with Crippen LogP contribution in [0.3, 0.4) is 0 Å². The molecule has 1 aliphatic carbocycles. The van der Waals surface area contributed by atoms with Gasteiger partial charge in [-0.05, 0) is 51.5 Å². The van der Waals surface area contributed by atoms with Crippen molar-refractivity contribution in [2.24, 2.45) is 0 Å². The minimum absolute atomic E-state index is 0.131. The van der Waals surface area contributed by atoms with E-state index >= 15 is 0 Å². The van der Waals surface area contributed by atoms with Gasteiger partial charge in [-0.25, -0.2) is 0 Å². The fourth-order valence-corrected chi connectivity index (χ4v) is 2.97. The normalized spacial score (nSPS) is 14.9. The Balaban J connectivity index is 1.75. The van der Waals surface area contributed by atoms with Gasteiger partial charge in [0.2, 0.25) is 5.91 Å². The van der Waals surface area contributed by atoms with Gasteiger partial charge in [0.25, 0.3) is 0 Å². The molecule has 23 heavy (non-hydrogen) atoms. The van der Waals surface area contributed by atoms with Gasteiger partial charge in [0.1, 0.15) is 0 Å². The van der Waals surface area contributed by atoms with E-state index in [9.17, 15) is 4.79 Å². The van der Waals surface area contributed by atoms with E-state index in [4.69, 9.17) is 0 Å². The third-order valence-corrected chi connectivity index (χ3v) is 4.46. The Labute approximate surface area is 140 Å². The summed E-state index contributed by atoms with van der Waals surface area (Å²) in [7, 11) is 0. The highest BCUT2D eigenvalue weighted by Crippen LogP contribution is 2.19. The minimum Gasteiger partial charge on any atom is -0.355 e. The largest absolute Gasteiger partial charge is 0.355 e. The summed E-state index contributed by atoms with van der Waals surface area (Å²) in [5, 5.41) is 3.08. The van der Waals surface area contributed by atoms with E-state index in [1.54, 1.807) is 0 Å². The van der Waals surface area contributed by atoms with Gasteiger partial charge in [-0.1, -0.05) is 42.0 Å². The fraction of sp³-hybridized carbons (Fsp3) is 0.550. The Bertz CT molecular complexity index is 508. The first kappa shape index (κ1) is 17.7. The molecular weight excluding hydrogens is 284 g/mol. The topological polar surface area (TPSA) is 32.3 Å². The fourth-order valence-electron chi connectivity index (χ4n) is 2.97. The van der Waals surface area contributed by atoms with Crippen molar-refractivity contribution in [3.8, 4) is 0 Å². The van der Waals surface area contributed by atoms with Crippen LogP contribution in [0.5, 0.6) is 0 Å². The van der Waals surface area contributed by atoms with Crippen LogP contribution in [0, 0.1) is 0 Å². The van der Waals surface area contributed by atoms with Crippen LogP contribution in [0.2, 0.25) is 0 Å². The van der Waals surface area contributed by atoms with Gasteiger partial charge < -0.3 is 5.32 Å². The van der Waals surface area contributed by atoms with Crippen molar-refractivity contribution in [2.75, 3.05) is 13.1 Å². The van der Waals surface area contributed by atoms with E-state index in [-0.39, 0.29) is 5.91 Å². The van der Waals surface area contributed by atoms with Crippen molar-refractivity contribution in [3.63, 3.8) is 0 Å². The van der Waals surface area contributed by atoms with E-state index in [1.807, 2.05) is 18.2 Å². The van der Waals surface area contributed by atoms with Gasteiger partial charge in [-0.15, -0.1) is 0 Å². The van der Waals surface area contributed by atoms with Crippen molar-refractivity contribution < 1.29 is 4.79 Å². The van der Waals surface area contributed by atoms with Crippen molar-refractivity contribution in [2.45, 2.75) is 58.5 Å². The summed E-state index contributed by atoms with van der Waals surface area (Å²) in [5.41, 5.74) is 2.77. The molecule has 0 heterocycles. The zero-order valence-electron chi connectivity index (χ0n) is 14.6. The van der Waals surface area contributed by atoms with E-state index in [0.717, 1.165) is 19.5 Å². The number of rotatable bonds is 8. The summed E-state index contributed by atoms with van der Waals surface area (Å²) >= 11 is 0. The minimum atomic E-state index is 0.131. The Kier molecular flexibility index (Phi) is 7.34. The molecule has 1 aliphatic rings. The standard InChI is InChI=1S/C20H30N2O/c1-17(2)22(15-19-11-7-4-8-12-19)16-20(23)21-14-13-18-9-5-3-6-10-18/h4,7-9,11-12,17H,3,5-6,10,13-16H2,1-2H3,(H,21,23). The lowest BCUT2D eigenvalue weighted by molar-refractivity contribution is -0.122. The molecule has 0 radical (unpaired) electrons. The zero-order chi connectivity index (χ0) is 16.5. The Morgan fingerprint density at radius 3 is 2.65 bits per heavy atom. The molecule has 2 rings (SSSR count). The number of carbonyl (C=O) groups is 1. The summed E-state index contributed by atoms with van der Waals surface area (Å²) in [6, 6.07) is 10.7. The molecule has 3 nitrogen and oxygen atoms in total. The van der Waals surface area contributed by atoms with Crippen molar-refractivity contribution in [1.29, 1.82) is 0 Å². The van der Waals surface area contributed by atoms with E-state index in [0.29, 0.717) is 12.6 Å². The van der Waals surface area contributed by atoms with E-state index in [2.05, 4.69) is 42.3 Å². The molecule has 1 aromatic carbocycles. The summed E-state index contributed by atoms with van der Waals surface area (Å²) < 4.78 is 0. The second kappa shape index (κ2) is 9.51. The molecular formula is C20H30N2O. The summed E-state index contributed by atoms with van der Waals surface area (Å²) in [4.78, 5) is 14.4. The maximum Gasteiger partial charge on any atom is 0.234 e. The SMILES string of the molecule is CC(C)N(CC(=O)NCCC1=CCCCC1)Cc1ccccc1. The van der Waals surface area contributed by atoms with Crippen LogP contribution < -0.4 is 5.32 Å². The maximum atomic E-state index is 12.2. The molecule has 0 fully saturated rings. The number of nitrogens with zero attached hydrogens (tertiary/aromatic N) is 1. The van der Waals surface area contributed by atoms with Crippen LogP contribution in [0.15, 0.2) is 42.0 Å². The molecule has 0 unspecified atom stereocenters. The molecule has 1 amide bonds. The average Bonchev–Trinajstić information content (AvgIpc) is 2.56. The molecule has 0 spiro atoms. The van der Waals surface area contributed by atoms with Crippen molar-refractivity contribution >= 4 is 5.91 Å². The molecule has 0 saturated heterocycles. The highest BCUT2D eigenvalue weighted by atomic mass is 16.2. The highest BCUT2D eigenvalue weighted by Gasteiger charge is 2.14. The first-order valence-electron chi connectivity index (χ1n) is 8.87.